The molecule has 0 bridgehead atoms. The predicted octanol–water partition coefficient (Wildman–Crippen LogP) is 7.67. The lowest BCUT2D eigenvalue weighted by Crippen LogP contribution is -2.43. The number of hydrogen-bond acceptors (Lipinski definition) is 6. The molecule has 0 amide bonds. The second-order valence-corrected chi connectivity index (χ2v) is 16.3. The zero-order valence-electron chi connectivity index (χ0n) is 22.8. The van der Waals surface area contributed by atoms with Crippen LogP contribution >= 0.6 is 30.6 Å². The van der Waals surface area contributed by atoms with Crippen molar-refractivity contribution in [3.05, 3.63) is 0 Å². The van der Waals surface area contributed by atoms with Crippen molar-refractivity contribution in [2.24, 2.45) is 5.92 Å². The van der Waals surface area contributed by atoms with Crippen LogP contribution in [0, 0.1) is 5.92 Å². The molecule has 0 aliphatic heterocycles. The highest BCUT2D eigenvalue weighted by Gasteiger charge is 2.38. The number of rotatable bonds is 14. The van der Waals surface area contributed by atoms with Crippen LogP contribution in [0.3, 0.4) is 0 Å². The van der Waals surface area contributed by atoms with Crippen LogP contribution in [0.5, 0.6) is 0 Å². The standard InChI is InChI=1S/C24H51N2O2PS2/c1-17(2)22(27)30-16-23(11,12)28-15-24(13,14)31-29(25(18(3)4)19(5)6)26(20(7)8)21(9)10/h17-21H,15-16H2,1-14H3. The lowest BCUT2D eigenvalue weighted by molar-refractivity contribution is -0.113. The second kappa shape index (κ2) is 13.5. The van der Waals surface area contributed by atoms with Crippen LogP contribution in [0.4, 0.5) is 0 Å². The van der Waals surface area contributed by atoms with Gasteiger partial charge in [-0.2, -0.15) is 0 Å². The molecule has 0 aromatic rings. The summed E-state index contributed by atoms with van der Waals surface area (Å²) in [5, 5.41) is 0.239. The van der Waals surface area contributed by atoms with E-state index in [4.69, 9.17) is 4.74 Å². The number of carbonyl (C=O) groups is 1. The minimum atomic E-state index is -0.564. The number of ether oxygens (including phenoxy) is 1. The van der Waals surface area contributed by atoms with Gasteiger partial charge in [0.1, 0.15) is 7.42 Å². The molecule has 0 aliphatic carbocycles. The molecule has 0 unspecified atom stereocenters. The topological polar surface area (TPSA) is 32.8 Å². The minimum absolute atomic E-state index is 0.0419. The smallest absolute Gasteiger partial charge is 0.191 e. The Morgan fingerprint density at radius 1 is 0.806 bits per heavy atom. The number of nitrogens with zero attached hydrogens (tertiary/aromatic N) is 2. The molecule has 186 valence electrons. The van der Waals surface area contributed by atoms with Gasteiger partial charge in [0, 0.05) is 40.6 Å². The molecule has 0 spiro atoms. The SMILES string of the molecule is CC(C)C(=O)SCC(C)(C)OCC(C)(C)SP(N(C(C)C)C(C)C)N(C(C)C)C(C)C. The molecule has 0 saturated heterocycles. The van der Waals surface area contributed by atoms with Gasteiger partial charge in [-0.15, -0.1) is 0 Å². The van der Waals surface area contributed by atoms with E-state index < -0.39 is 7.42 Å². The summed E-state index contributed by atoms with van der Waals surface area (Å²) in [5.74, 6) is 0.751. The van der Waals surface area contributed by atoms with Gasteiger partial charge in [-0.3, -0.25) is 14.1 Å². The molecule has 0 radical (unpaired) electrons. The van der Waals surface area contributed by atoms with E-state index in [-0.39, 0.29) is 21.4 Å². The van der Waals surface area contributed by atoms with Crippen LogP contribution in [-0.2, 0) is 9.53 Å². The third kappa shape index (κ3) is 11.6. The Balaban J connectivity index is 5.50. The van der Waals surface area contributed by atoms with Crippen molar-refractivity contribution in [3.8, 4) is 0 Å². The molecule has 4 nitrogen and oxygen atoms in total. The fourth-order valence-corrected chi connectivity index (χ4v) is 11.0. The van der Waals surface area contributed by atoms with Gasteiger partial charge in [0.05, 0.1) is 12.2 Å². The Bertz CT molecular complexity index is 502. The Labute approximate surface area is 204 Å². The summed E-state index contributed by atoms with van der Waals surface area (Å²) in [5.41, 5.74) is -0.332. The van der Waals surface area contributed by atoms with E-state index in [0.717, 1.165) is 0 Å². The first-order chi connectivity index (χ1) is 13.9. The maximum Gasteiger partial charge on any atom is 0.191 e. The van der Waals surface area contributed by atoms with Crippen molar-refractivity contribution in [2.45, 2.75) is 131 Å². The van der Waals surface area contributed by atoms with Crippen molar-refractivity contribution < 1.29 is 9.53 Å². The van der Waals surface area contributed by atoms with E-state index in [1.807, 2.05) is 13.8 Å². The van der Waals surface area contributed by atoms with Crippen molar-refractivity contribution >= 4 is 35.7 Å². The third-order valence-electron chi connectivity index (χ3n) is 4.68. The van der Waals surface area contributed by atoms with Gasteiger partial charge < -0.3 is 4.74 Å². The average Bonchev–Trinajstić information content (AvgIpc) is 2.56. The van der Waals surface area contributed by atoms with Gasteiger partial charge >= 0.3 is 0 Å². The Kier molecular flexibility index (Phi) is 13.8. The highest BCUT2D eigenvalue weighted by atomic mass is 32.7. The van der Waals surface area contributed by atoms with Crippen LogP contribution in [0.15, 0.2) is 0 Å². The molecule has 0 atom stereocenters. The zero-order chi connectivity index (χ0) is 24.7. The third-order valence-corrected chi connectivity index (χ3v) is 12.8. The average molecular weight is 495 g/mol. The molecule has 0 N–H and O–H groups in total. The number of hydrogen-bond donors (Lipinski definition) is 0. The van der Waals surface area contributed by atoms with E-state index in [2.05, 4.69) is 104 Å². The Hall–Kier alpha value is 0.680. The molecule has 0 aliphatic rings. The molecule has 0 rings (SSSR count). The summed E-state index contributed by atoms with van der Waals surface area (Å²) in [6.07, 6.45) is 0. The van der Waals surface area contributed by atoms with Crippen molar-refractivity contribution in [1.29, 1.82) is 0 Å². The molecular formula is C24H51N2O2PS2. The van der Waals surface area contributed by atoms with Gasteiger partial charge in [0.15, 0.2) is 5.12 Å². The Morgan fingerprint density at radius 2 is 1.19 bits per heavy atom. The normalized spacial score (nSPS) is 14.0. The molecule has 0 aromatic heterocycles. The minimum Gasteiger partial charge on any atom is -0.373 e. The van der Waals surface area contributed by atoms with Crippen LogP contribution < -0.4 is 0 Å². The van der Waals surface area contributed by atoms with Crippen LogP contribution in [0.25, 0.3) is 0 Å². The Morgan fingerprint density at radius 3 is 1.52 bits per heavy atom. The summed E-state index contributed by atoms with van der Waals surface area (Å²) in [6.45, 7) is 31.8. The van der Waals surface area contributed by atoms with E-state index >= 15 is 0 Å². The zero-order valence-corrected chi connectivity index (χ0v) is 25.3. The van der Waals surface area contributed by atoms with E-state index in [0.29, 0.717) is 36.5 Å². The quantitative estimate of drug-likeness (QED) is 0.230. The first kappa shape index (κ1) is 31.7. The van der Waals surface area contributed by atoms with Gasteiger partial charge in [0.25, 0.3) is 0 Å². The predicted molar refractivity (Wildman–Crippen MR) is 145 cm³/mol. The van der Waals surface area contributed by atoms with Gasteiger partial charge in [-0.25, -0.2) is 0 Å². The summed E-state index contributed by atoms with van der Waals surface area (Å²) in [6, 6.07) is 1.91. The summed E-state index contributed by atoms with van der Waals surface area (Å²) < 4.78 is 11.7. The number of thioether (sulfide) groups is 1. The monoisotopic (exact) mass is 494 g/mol. The molecule has 0 fully saturated rings. The second-order valence-electron chi connectivity index (χ2n) is 11.0. The van der Waals surface area contributed by atoms with Crippen molar-refractivity contribution in [3.63, 3.8) is 0 Å². The van der Waals surface area contributed by atoms with Crippen LogP contribution in [-0.4, -0.2) is 61.3 Å². The number of carbonyl (C=O) groups excluding carboxylic acids is 1. The molecular weight excluding hydrogens is 443 g/mol. The van der Waals surface area contributed by atoms with Gasteiger partial charge in [0.2, 0.25) is 0 Å². The summed E-state index contributed by atoms with van der Waals surface area (Å²) in [4.78, 5) is 12.0. The van der Waals surface area contributed by atoms with Crippen LogP contribution in [0.1, 0.15) is 96.9 Å². The van der Waals surface area contributed by atoms with Crippen LogP contribution in [0.2, 0.25) is 0 Å². The largest absolute Gasteiger partial charge is 0.373 e. The van der Waals surface area contributed by atoms with Gasteiger partial charge in [-0.1, -0.05) is 37.0 Å². The molecule has 31 heavy (non-hydrogen) atoms. The summed E-state index contributed by atoms with van der Waals surface area (Å²) in [7, 11) is -0.564. The molecule has 7 heteroatoms. The van der Waals surface area contributed by atoms with E-state index in [9.17, 15) is 4.79 Å². The van der Waals surface area contributed by atoms with Gasteiger partial charge in [-0.05, 0) is 83.1 Å². The summed E-state index contributed by atoms with van der Waals surface area (Å²) >= 11 is 3.46. The first-order valence-corrected chi connectivity index (χ1v) is 15.4. The fraction of sp³-hybridized carbons (Fsp3) is 0.958. The van der Waals surface area contributed by atoms with E-state index in [1.54, 1.807) is 0 Å². The highest BCUT2D eigenvalue weighted by Crippen LogP contribution is 2.63. The van der Waals surface area contributed by atoms with E-state index in [1.165, 1.54) is 11.8 Å². The highest BCUT2D eigenvalue weighted by molar-refractivity contribution is 8.54. The fourth-order valence-electron chi connectivity index (χ4n) is 3.27. The van der Waals surface area contributed by atoms with Crippen molar-refractivity contribution in [1.82, 2.24) is 9.34 Å². The first-order valence-electron chi connectivity index (χ1n) is 11.8. The maximum absolute atomic E-state index is 12.0. The molecule has 0 aromatic carbocycles. The maximum atomic E-state index is 12.0. The molecule has 0 saturated carbocycles. The lowest BCUT2D eigenvalue weighted by atomic mass is 10.1. The lowest BCUT2D eigenvalue weighted by Gasteiger charge is -2.48. The van der Waals surface area contributed by atoms with Crippen molar-refractivity contribution in [2.75, 3.05) is 12.4 Å². The molecule has 0 heterocycles.